The number of amides is 3. The number of phenolic OH excluding ortho intramolecular Hbond substituents is 1. The van der Waals surface area contributed by atoms with E-state index in [1.165, 1.54) is 18.2 Å². The molecular formula is C21H14Cl2N2O4. The molecule has 1 fully saturated rings. The summed E-state index contributed by atoms with van der Waals surface area (Å²) in [6.07, 6.45) is 0. The molecule has 1 aliphatic rings. The van der Waals surface area contributed by atoms with Crippen molar-refractivity contribution in [2.45, 2.75) is 0 Å². The molecule has 0 aliphatic carbocycles. The van der Waals surface area contributed by atoms with Crippen molar-refractivity contribution >= 4 is 40.8 Å². The van der Waals surface area contributed by atoms with E-state index in [0.29, 0.717) is 11.3 Å². The zero-order valence-corrected chi connectivity index (χ0v) is 16.4. The highest BCUT2D eigenvalue weighted by Gasteiger charge is 2.31. The first-order chi connectivity index (χ1) is 13.9. The lowest BCUT2D eigenvalue weighted by molar-refractivity contribution is -0.115. The average Bonchev–Trinajstić information content (AvgIpc) is 3.04. The molecular weight excluding hydrogens is 415 g/mol. The van der Waals surface area contributed by atoms with Crippen LogP contribution in [0.1, 0.15) is 0 Å². The Kier molecular flexibility index (Phi) is 5.05. The number of phenols is 1. The van der Waals surface area contributed by atoms with Gasteiger partial charge < -0.3 is 15.2 Å². The van der Waals surface area contributed by atoms with E-state index in [1.807, 2.05) is 30.3 Å². The van der Waals surface area contributed by atoms with Crippen LogP contribution in [0, 0.1) is 0 Å². The molecule has 6 nitrogen and oxygen atoms in total. The van der Waals surface area contributed by atoms with E-state index in [2.05, 4.69) is 5.32 Å². The maximum absolute atomic E-state index is 11.9. The summed E-state index contributed by atoms with van der Waals surface area (Å²) in [5, 5.41) is 12.9. The van der Waals surface area contributed by atoms with Gasteiger partial charge in [-0.2, -0.15) is 0 Å². The van der Waals surface area contributed by atoms with Gasteiger partial charge in [-0.3, -0.25) is 4.79 Å². The van der Waals surface area contributed by atoms with Crippen molar-refractivity contribution in [2.75, 3.05) is 11.4 Å². The van der Waals surface area contributed by atoms with E-state index in [-0.39, 0.29) is 33.8 Å². The topological polar surface area (TPSA) is 78.9 Å². The fourth-order valence-electron chi connectivity index (χ4n) is 3.00. The van der Waals surface area contributed by atoms with Crippen molar-refractivity contribution in [3.05, 3.63) is 70.7 Å². The Morgan fingerprint density at radius 1 is 0.966 bits per heavy atom. The molecule has 2 N–H and O–H groups in total. The Morgan fingerprint density at radius 3 is 2.28 bits per heavy atom. The van der Waals surface area contributed by atoms with Crippen molar-refractivity contribution in [3.63, 3.8) is 0 Å². The molecule has 0 unspecified atom stereocenters. The van der Waals surface area contributed by atoms with E-state index in [0.717, 1.165) is 10.5 Å². The number of carbonyl (C=O) groups is 2. The van der Waals surface area contributed by atoms with Crippen LogP contribution in [-0.2, 0) is 4.79 Å². The summed E-state index contributed by atoms with van der Waals surface area (Å²) in [5.74, 6) is 0.290. The Morgan fingerprint density at radius 2 is 1.66 bits per heavy atom. The molecule has 8 heteroatoms. The maximum Gasteiger partial charge on any atom is 0.329 e. The number of aromatic hydroxyl groups is 1. The zero-order chi connectivity index (χ0) is 20.5. The van der Waals surface area contributed by atoms with E-state index in [4.69, 9.17) is 27.9 Å². The number of hydrogen-bond acceptors (Lipinski definition) is 4. The number of nitrogens with one attached hydrogen (secondary N) is 1. The van der Waals surface area contributed by atoms with Gasteiger partial charge in [0.05, 0.1) is 22.3 Å². The van der Waals surface area contributed by atoms with Gasteiger partial charge in [0.25, 0.3) is 5.91 Å². The quantitative estimate of drug-likeness (QED) is 0.558. The van der Waals surface area contributed by atoms with Crippen LogP contribution < -0.4 is 15.0 Å². The number of hydrogen-bond donors (Lipinski definition) is 2. The predicted octanol–water partition coefficient (Wildman–Crippen LogP) is 5.21. The standard InChI is InChI=1S/C21H14Cl2N2O4/c22-16-8-13(25-19(27)11-24-21(25)28)9-17(23)20(16)29-14-6-7-18(26)15(10-14)12-4-2-1-3-5-12/h1-10,26H,11H2,(H,24,28). The fraction of sp³-hybridized carbons (Fsp3) is 0.0476. The van der Waals surface area contributed by atoms with Crippen molar-refractivity contribution in [1.82, 2.24) is 5.32 Å². The van der Waals surface area contributed by atoms with Crippen molar-refractivity contribution in [2.24, 2.45) is 0 Å². The molecule has 0 spiro atoms. The van der Waals surface area contributed by atoms with Gasteiger partial charge in [0.1, 0.15) is 11.5 Å². The summed E-state index contributed by atoms with van der Waals surface area (Å²) >= 11 is 12.6. The smallest absolute Gasteiger partial charge is 0.329 e. The highest BCUT2D eigenvalue weighted by molar-refractivity contribution is 6.38. The largest absolute Gasteiger partial charge is 0.507 e. The Labute approximate surface area is 176 Å². The third-order valence-corrected chi connectivity index (χ3v) is 4.92. The van der Waals surface area contributed by atoms with Gasteiger partial charge in [0, 0.05) is 5.56 Å². The monoisotopic (exact) mass is 428 g/mol. The Hall–Kier alpha value is -3.22. The molecule has 3 aromatic carbocycles. The normalized spacial score (nSPS) is 13.5. The van der Waals surface area contributed by atoms with Gasteiger partial charge >= 0.3 is 6.03 Å². The van der Waals surface area contributed by atoms with Crippen LogP contribution in [-0.4, -0.2) is 23.6 Å². The zero-order valence-electron chi connectivity index (χ0n) is 14.9. The molecule has 4 rings (SSSR count). The predicted molar refractivity (Wildman–Crippen MR) is 111 cm³/mol. The second kappa shape index (κ2) is 7.66. The summed E-state index contributed by atoms with van der Waals surface area (Å²) in [4.78, 5) is 24.7. The number of benzene rings is 3. The number of carbonyl (C=O) groups excluding carboxylic acids is 2. The van der Waals surface area contributed by atoms with Crippen LogP contribution in [0.3, 0.4) is 0 Å². The van der Waals surface area contributed by atoms with Crippen LogP contribution in [0.2, 0.25) is 10.0 Å². The number of nitrogens with zero attached hydrogens (tertiary/aromatic N) is 1. The highest BCUT2D eigenvalue weighted by atomic mass is 35.5. The maximum atomic E-state index is 11.9. The van der Waals surface area contributed by atoms with Crippen molar-refractivity contribution < 1.29 is 19.4 Å². The second-order valence-electron chi connectivity index (χ2n) is 6.27. The molecule has 1 saturated heterocycles. The van der Waals surface area contributed by atoms with Crippen LogP contribution in [0.4, 0.5) is 10.5 Å². The molecule has 3 aromatic rings. The molecule has 29 heavy (non-hydrogen) atoms. The van der Waals surface area contributed by atoms with Gasteiger partial charge in [-0.25, -0.2) is 9.69 Å². The lowest BCUT2D eigenvalue weighted by Crippen LogP contribution is -2.30. The van der Waals surface area contributed by atoms with Crippen molar-refractivity contribution in [3.8, 4) is 28.4 Å². The molecule has 1 heterocycles. The third kappa shape index (κ3) is 3.72. The van der Waals surface area contributed by atoms with E-state index in [1.54, 1.807) is 12.1 Å². The van der Waals surface area contributed by atoms with Gasteiger partial charge in [-0.15, -0.1) is 0 Å². The van der Waals surface area contributed by atoms with Crippen LogP contribution in [0.15, 0.2) is 60.7 Å². The number of urea groups is 1. The molecule has 0 bridgehead atoms. The fourth-order valence-corrected chi connectivity index (χ4v) is 3.56. The molecule has 0 radical (unpaired) electrons. The first-order valence-electron chi connectivity index (χ1n) is 8.60. The van der Waals surface area contributed by atoms with Gasteiger partial charge in [-0.1, -0.05) is 53.5 Å². The van der Waals surface area contributed by atoms with Gasteiger partial charge in [0.15, 0.2) is 5.75 Å². The summed E-state index contributed by atoms with van der Waals surface area (Å²) in [6, 6.07) is 16.4. The first-order valence-corrected chi connectivity index (χ1v) is 9.36. The van der Waals surface area contributed by atoms with Gasteiger partial charge in [-0.05, 0) is 35.9 Å². The molecule has 0 saturated carbocycles. The van der Waals surface area contributed by atoms with E-state index in [9.17, 15) is 14.7 Å². The minimum Gasteiger partial charge on any atom is -0.507 e. The van der Waals surface area contributed by atoms with Crippen LogP contribution >= 0.6 is 23.2 Å². The summed E-state index contributed by atoms with van der Waals surface area (Å²) in [5.41, 5.74) is 1.66. The summed E-state index contributed by atoms with van der Waals surface area (Å²) in [7, 11) is 0. The highest BCUT2D eigenvalue weighted by Crippen LogP contribution is 2.41. The number of halogens is 2. The van der Waals surface area contributed by atoms with Crippen LogP contribution in [0.25, 0.3) is 11.1 Å². The Bertz CT molecular complexity index is 1080. The lowest BCUT2D eigenvalue weighted by Gasteiger charge is -2.16. The Balaban J connectivity index is 1.67. The second-order valence-corrected chi connectivity index (χ2v) is 7.09. The molecule has 1 aliphatic heterocycles. The third-order valence-electron chi connectivity index (χ3n) is 4.36. The summed E-state index contributed by atoms with van der Waals surface area (Å²) in [6.45, 7) is -0.0813. The molecule has 3 amide bonds. The minimum atomic E-state index is -0.540. The van der Waals surface area contributed by atoms with Gasteiger partial charge in [0.2, 0.25) is 0 Å². The van der Waals surface area contributed by atoms with E-state index >= 15 is 0 Å². The number of rotatable bonds is 4. The molecule has 0 aromatic heterocycles. The van der Waals surface area contributed by atoms with E-state index < -0.39 is 11.9 Å². The van der Waals surface area contributed by atoms with Crippen molar-refractivity contribution in [1.29, 1.82) is 0 Å². The average molecular weight is 429 g/mol. The number of ether oxygens (including phenoxy) is 1. The molecule has 0 atom stereocenters. The first kappa shape index (κ1) is 19.1. The number of imide groups is 1. The lowest BCUT2D eigenvalue weighted by atomic mass is 10.0. The number of anilines is 1. The van der Waals surface area contributed by atoms with Crippen LogP contribution in [0.5, 0.6) is 17.2 Å². The summed E-state index contributed by atoms with van der Waals surface area (Å²) < 4.78 is 5.85. The minimum absolute atomic E-state index is 0.0813. The molecule has 146 valence electrons. The SMILES string of the molecule is O=C1CNC(=O)N1c1cc(Cl)c(Oc2ccc(O)c(-c3ccccc3)c2)c(Cl)c1.